The van der Waals surface area contributed by atoms with Crippen LogP contribution in [-0.4, -0.2) is 112 Å². The Hall–Kier alpha value is -2.20. The quantitative estimate of drug-likeness (QED) is 0.179. The summed E-state index contributed by atoms with van der Waals surface area (Å²) in [6.07, 6.45) is -10.8. The van der Waals surface area contributed by atoms with E-state index < -0.39 is 86.3 Å². The first kappa shape index (κ1) is 28.4. The van der Waals surface area contributed by atoms with Gasteiger partial charge in [0.15, 0.2) is 12.6 Å². The van der Waals surface area contributed by atoms with Gasteiger partial charge in [-0.1, -0.05) is 30.3 Å². The monoisotopic (exact) mass is 514 g/mol. The molecular formula is C23H34N2O11. The van der Waals surface area contributed by atoms with Crippen molar-refractivity contribution in [1.29, 1.82) is 0 Å². The van der Waals surface area contributed by atoms with Gasteiger partial charge in [0.05, 0.1) is 19.8 Å². The van der Waals surface area contributed by atoms with Crippen molar-refractivity contribution in [1.82, 2.24) is 10.6 Å². The molecule has 7 N–H and O–H groups in total. The number of hydrogen-bond acceptors (Lipinski definition) is 11. The average Bonchev–Trinajstić information content (AvgIpc) is 2.85. The van der Waals surface area contributed by atoms with Gasteiger partial charge in [0.2, 0.25) is 11.8 Å². The zero-order valence-electron chi connectivity index (χ0n) is 20.0. The largest absolute Gasteiger partial charge is 0.394 e. The van der Waals surface area contributed by atoms with Crippen LogP contribution in [0.4, 0.5) is 0 Å². The van der Waals surface area contributed by atoms with Crippen LogP contribution in [0.15, 0.2) is 30.3 Å². The van der Waals surface area contributed by atoms with Crippen LogP contribution in [0, 0.1) is 0 Å². The Bertz CT molecular complexity index is 860. The van der Waals surface area contributed by atoms with Crippen molar-refractivity contribution in [3.05, 3.63) is 35.9 Å². The number of amides is 2. The third-order valence-corrected chi connectivity index (χ3v) is 6.00. The lowest BCUT2D eigenvalue weighted by Crippen LogP contribution is -2.66. The lowest BCUT2D eigenvalue weighted by molar-refractivity contribution is -0.305. The Morgan fingerprint density at radius 1 is 0.806 bits per heavy atom. The van der Waals surface area contributed by atoms with Crippen LogP contribution < -0.4 is 10.6 Å². The Kier molecular flexibility index (Phi) is 10.1. The fourth-order valence-electron chi connectivity index (χ4n) is 4.15. The average molecular weight is 515 g/mol. The standard InChI is InChI=1S/C23H34N2O11/c1-11(27)24-16-20(31)18(29)14(8-26)35-23(16)34-10-15-19(30)21(32)17(25-12(2)28)22(36-15)33-9-13-6-4-3-5-7-13/h3-7,14-23,26,29-32H,8-10H2,1-2H3,(H,24,27)(H,25,28)/t14-,15-,16-,17-,18-,19+,20-,21-,22+,23-/m1/s1. The molecule has 0 aromatic heterocycles. The molecule has 2 amide bonds. The highest BCUT2D eigenvalue weighted by Crippen LogP contribution is 2.26. The van der Waals surface area contributed by atoms with Gasteiger partial charge in [-0.2, -0.15) is 0 Å². The molecule has 0 spiro atoms. The van der Waals surface area contributed by atoms with Crippen molar-refractivity contribution in [2.75, 3.05) is 13.2 Å². The maximum absolute atomic E-state index is 11.7. The fraction of sp³-hybridized carbons (Fsp3) is 0.652. The Morgan fingerprint density at radius 3 is 1.83 bits per heavy atom. The van der Waals surface area contributed by atoms with Crippen molar-refractivity contribution in [3.63, 3.8) is 0 Å². The molecule has 3 rings (SSSR count). The minimum absolute atomic E-state index is 0.0938. The summed E-state index contributed by atoms with van der Waals surface area (Å²) >= 11 is 0. The summed E-state index contributed by atoms with van der Waals surface area (Å²) in [6.45, 7) is 1.53. The first-order valence-electron chi connectivity index (χ1n) is 11.6. The SMILES string of the molecule is CC(=O)N[C@H]1[C@@H](OCc2ccccc2)O[C@H](CO[C@@H]2O[C@H](CO)[C@@H](O)[C@H](O)[C@H]2NC(C)=O)[C@H](O)[C@@H]1O. The van der Waals surface area contributed by atoms with Gasteiger partial charge in [-0.05, 0) is 5.56 Å². The maximum Gasteiger partial charge on any atom is 0.217 e. The van der Waals surface area contributed by atoms with Gasteiger partial charge >= 0.3 is 0 Å². The second kappa shape index (κ2) is 12.9. The van der Waals surface area contributed by atoms with E-state index in [9.17, 15) is 35.1 Å². The van der Waals surface area contributed by atoms with E-state index in [0.29, 0.717) is 0 Å². The first-order valence-corrected chi connectivity index (χ1v) is 11.6. The van der Waals surface area contributed by atoms with E-state index in [0.717, 1.165) is 5.56 Å². The molecule has 1 aromatic carbocycles. The van der Waals surface area contributed by atoms with Crippen LogP contribution in [0.5, 0.6) is 0 Å². The van der Waals surface area contributed by atoms with Crippen LogP contribution in [0.1, 0.15) is 19.4 Å². The number of ether oxygens (including phenoxy) is 4. The van der Waals surface area contributed by atoms with Crippen LogP contribution in [-0.2, 0) is 35.1 Å². The van der Waals surface area contributed by atoms with Gasteiger partial charge in [0.1, 0.15) is 48.7 Å². The molecule has 2 saturated heterocycles. The highest BCUT2D eigenvalue weighted by atomic mass is 16.7. The van der Waals surface area contributed by atoms with Crippen LogP contribution >= 0.6 is 0 Å². The molecule has 10 atom stereocenters. The van der Waals surface area contributed by atoms with Gasteiger partial charge in [-0.3, -0.25) is 9.59 Å². The Balaban J connectivity index is 1.71. The maximum atomic E-state index is 11.7. The predicted molar refractivity (Wildman–Crippen MR) is 121 cm³/mol. The highest BCUT2D eigenvalue weighted by molar-refractivity contribution is 5.73. The predicted octanol–water partition coefficient (Wildman–Crippen LogP) is -2.89. The second-order valence-electron chi connectivity index (χ2n) is 8.81. The fourth-order valence-corrected chi connectivity index (χ4v) is 4.15. The molecule has 0 bridgehead atoms. The lowest BCUT2D eigenvalue weighted by atomic mass is 9.96. The molecule has 2 heterocycles. The van der Waals surface area contributed by atoms with Gasteiger partial charge in [-0.15, -0.1) is 0 Å². The number of nitrogens with one attached hydrogen (secondary N) is 2. The second-order valence-corrected chi connectivity index (χ2v) is 8.81. The summed E-state index contributed by atoms with van der Waals surface area (Å²) in [5.74, 6) is -0.989. The number of carbonyl (C=O) groups is 2. The van der Waals surface area contributed by atoms with Crippen molar-refractivity contribution >= 4 is 11.8 Å². The zero-order chi connectivity index (χ0) is 26.4. The molecule has 2 aliphatic rings. The summed E-state index contributed by atoms with van der Waals surface area (Å²) in [6, 6.07) is 6.86. The molecule has 0 aliphatic carbocycles. The van der Waals surface area contributed by atoms with E-state index in [4.69, 9.17) is 18.9 Å². The van der Waals surface area contributed by atoms with E-state index in [1.807, 2.05) is 30.3 Å². The number of hydrogen-bond donors (Lipinski definition) is 7. The Labute approximate surface area is 207 Å². The van der Waals surface area contributed by atoms with E-state index in [2.05, 4.69) is 10.6 Å². The van der Waals surface area contributed by atoms with Crippen LogP contribution in [0.2, 0.25) is 0 Å². The third kappa shape index (κ3) is 6.97. The summed E-state index contributed by atoms with van der Waals surface area (Å²) in [4.78, 5) is 23.3. The molecule has 0 saturated carbocycles. The van der Waals surface area contributed by atoms with Crippen molar-refractivity contribution < 1.29 is 54.1 Å². The van der Waals surface area contributed by atoms with Crippen molar-refractivity contribution in [3.8, 4) is 0 Å². The molecule has 0 radical (unpaired) electrons. The van der Waals surface area contributed by atoms with E-state index in [1.54, 1.807) is 0 Å². The highest BCUT2D eigenvalue weighted by Gasteiger charge is 2.48. The topological polar surface area (TPSA) is 196 Å². The van der Waals surface area contributed by atoms with Gasteiger partial charge in [0, 0.05) is 13.8 Å². The molecule has 2 fully saturated rings. The summed E-state index contributed by atoms with van der Waals surface area (Å²) in [5, 5.41) is 56.3. The minimum Gasteiger partial charge on any atom is -0.394 e. The molecule has 13 nitrogen and oxygen atoms in total. The molecule has 0 unspecified atom stereocenters. The number of aliphatic hydroxyl groups excluding tert-OH is 5. The molecule has 202 valence electrons. The van der Waals surface area contributed by atoms with Crippen molar-refractivity contribution in [2.24, 2.45) is 0 Å². The van der Waals surface area contributed by atoms with E-state index in [-0.39, 0.29) is 6.61 Å². The molecule has 13 heteroatoms. The molecule has 2 aliphatic heterocycles. The van der Waals surface area contributed by atoms with Crippen LogP contribution in [0.3, 0.4) is 0 Å². The smallest absolute Gasteiger partial charge is 0.217 e. The van der Waals surface area contributed by atoms with Crippen LogP contribution in [0.25, 0.3) is 0 Å². The first-order chi connectivity index (χ1) is 17.1. The zero-order valence-corrected chi connectivity index (χ0v) is 20.0. The lowest BCUT2D eigenvalue weighted by Gasteiger charge is -2.45. The molecular weight excluding hydrogens is 480 g/mol. The number of rotatable bonds is 9. The van der Waals surface area contributed by atoms with Gasteiger partial charge in [0.25, 0.3) is 0 Å². The Morgan fingerprint density at radius 2 is 1.31 bits per heavy atom. The minimum atomic E-state index is -1.52. The number of carbonyl (C=O) groups excluding carboxylic acids is 2. The van der Waals surface area contributed by atoms with Crippen molar-refractivity contribution in [2.45, 2.75) is 81.7 Å². The number of benzene rings is 1. The number of aliphatic hydroxyl groups is 5. The van der Waals surface area contributed by atoms with E-state index in [1.165, 1.54) is 13.8 Å². The third-order valence-electron chi connectivity index (χ3n) is 6.00. The molecule has 36 heavy (non-hydrogen) atoms. The van der Waals surface area contributed by atoms with E-state index >= 15 is 0 Å². The normalized spacial score (nSPS) is 36.8. The summed E-state index contributed by atoms with van der Waals surface area (Å²) in [7, 11) is 0. The van der Waals surface area contributed by atoms with Gasteiger partial charge < -0.3 is 55.1 Å². The van der Waals surface area contributed by atoms with Gasteiger partial charge in [-0.25, -0.2) is 0 Å². The summed E-state index contributed by atoms with van der Waals surface area (Å²) < 4.78 is 22.8. The molecule has 1 aromatic rings. The summed E-state index contributed by atoms with van der Waals surface area (Å²) in [5.41, 5.74) is 0.812.